The molecule has 0 bridgehead atoms. The van der Waals surface area contributed by atoms with Crippen molar-refractivity contribution >= 4 is 46.6 Å². The Morgan fingerprint density at radius 3 is 2.87 bits per heavy atom. The number of hydrogen-bond acceptors (Lipinski definition) is 5. The summed E-state index contributed by atoms with van der Waals surface area (Å²) in [6, 6.07) is 4.89. The number of nitrogen functional groups attached to an aromatic ring is 1. The fraction of sp³-hybridized carbons (Fsp3) is 0.357. The molecule has 0 fully saturated rings. The van der Waals surface area contributed by atoms with Gasteiger partial charge in [-0.05, 0) is 31.5 Å². The number of anilines is 1. The van der Waals surface area contributed by atoms with E-state index < -0.39 is 5.25 Å². The third-order valence-electron chi connectivity index (χ3n) is 3.05. The number of rotatable bonds is 6. The summed E-state index contributed by atoms with van der Waals surface area (Å²) in [6.07, 6.45) is 1.66. The minimum atomic E-state index is -0.425. The molecular formula is C14H17Cl2N5OS. The van der Waals surface area contributed by atoms with Crippen LogP contribution in [0.2, 0.25) is 10.0 Å². The van der Waals surface area contributed by atoms with Gasteiger partial charge in [0.2, 0.25) is 11.1 Å². The summed E-state index contributed by atoms with van der Waals surface area (Å²) in [5, 5.41) is 11.8. The molecule has 0 aliphatic heterocycles. The van der Waals surface area contributed by atoms with Crippen molar-refractivity contribution in [3.8, 4) is 0 Å². The maximum atomic E-state index is 12.3. The molecule has 9 heteroatoms. The molecule has 3 N–H and O–H groups in total. The molecule has 1 amide bonds. The zero-order chi connectivity index (χ0) is 17.0. The Labute approximate surface area is 148 Å². The van der Waals surface area contributed by atoms with Gasteiger partial charge in [0.05, 0.1) is 16.0 Å². The topological polar surface area (TPSA) is 85.8 Å². The number of carbonyl (C=O) groups is 1. The van der Waals surface area contributed by atoms with Crippen molar-refractivity contribution in [2.45, 2.75) is 37.1 Å². The number of nitrogens with two attached hydrogens (primary N) is 1. The summed E-state index contributed by atoms with van der Waals surface area (Å²) >= 11 is 13.2. The maximum Gasteiger partial charge on any atom is 0.237 e. The Hall–Kier alpha value is -1.44. The molecule has 0 aliphatic carbocycles. The Morgan fingerprint density at radius 2 is 2.17 bits per heavy atom. The van der Waals surface area contributed by atoms with E-state index in [-0.39, 0.29) is 5.91 Å². The van der Waals surface area contributed by atoms with Crippen molar-refractivity contribution in [1.29, 1.82) is 0 Å². The van der Waals surface area contributed by atoms with Crippen molar-refractivity contribution < 1.29 is 4.79 Å². The number of amides is 1. The van der Waals surface area contributed by atoms with E-state index in [2.05, 4.69) is 15.5 Å². The fourth-order valence-corrected chi connectivity index (χ4v) is 2.95. The predicted molar refractivity (Wildman–Crippen MR) is 94.6 cm³/mol. The largest absolute Gasteiger partial charge is 0.336 e. The SMILES string of the molecule is CCCc1nnc(SC(C)C(=O)Nc2cc(Cl)ccc2Cl)n1N. The molecule has 23 heavy (non-hydrogen) atoms. The average molecular weight is 374 g/mol. The lowest BCUT2D eigenvalue weighted by molar-refractivity contribution is -0.115. The molecule has 0 saturated carbocycles. The molecule has 0 radical (unpaired) electrons. The van der Waals surface area contributed by atoms with Crippen molar-refractivity contribution in [3.05, 3.63) is 34.1 Å². The quantitative estimate of drug-likeness (QED) is 0.598. The molecule has 124 valence electrons. The molecule has 1 atom stereocenters. The number of aromatic nitrogens is 3. The van der Waals surface area contributed by atoms with Gasteiger partial charge in [0.1, 0.15) is 0 Å². The number of halogens is 2. The van der Waals surface area contributed by atoms with Gasteiger partial charge in [-0.15, -0.1) is 10.2 Å². The Bertz CT molecular complexity index is 706. The van der Waals surface area contributed by atoms with Crippen LogP contribution in [0, 0.1) is 0 Å². The summed E-state index contributed by atoms with van der Waals surface area (Å²) in [7, 11) is 0. The van der Waals surface area contributed by atoms with Crippen molar-refractivity contribution in [1.82, 2.24) is 14.9 Å². The van der Waals surface area contributed by atoms with Gasteiger partial charge in [-0.3, -0.25) is 4.79 Å². The van der Waals surface area contributed by atoms with Crippen LogP contribution in [-0.2, 0) is 11.2 Å². The maximum absolute atomic E-state index is 12.3. The van der Waals surface area contributed by atoms with Gasteiger partial charge < -0.3 is 11.2 Å². The van der Waals surface area contributed by atoms with Gasteiger partial charge >= 0.3 is 0 Å². The van der Waals surface area contributed by atoms with Gasteiger partial charge in [-0.2, -0.15) is 0 Å². The number of hydrogen-bond donors (Lipinski definition) is 2. The van der Waals surface area contributed by atoms with E-state index in [0.717, 1.165) is 12.8 Å². The molecule has 1 aromatic heterocycles. The van der Waals surface area contributed by atoms with Crippen LogP contribution >= 0.6 is 35.0 Å². The van der Waals surface area contributed by atoms with Gasteiger partial charge in [-0.1, -0.05) is 41.9 Å². The second-order valence-corrected chi connectivity index (χ2v) is 7.04. The summed E-state index contributed by atoms with van der Waals surface area (Å²) in [5.74, 6) is 6.41. The lowest BCUT2D eigenvalue weighted by atomic mass is 10.3. The van der Waals surface area contributed by atoms with E-state index in [0.29, 0.717) is 26.7 Å². The van der Waals surface area contributed by atoms with Crippen LogP contribution in [0.25, 0.3) is 0 Å². The van der Waals surface area contributed by atoms with Crippen LogP contribution in [0.1, 0.15) is 26.1 Å². The van der Waals surface area contributed by atoms with E-state index in [1.54, 1.807) is 25.1 Å². The number of carbonyl (C=O) groups excluding carboxylic acids is 1. The van der Waals surface area contributed by atoms with E-state index in [9.17, 15) is 4.79 Å². The first-order valence-electron chi connectivity index (χ1n) is 7.04. The average Bonchev–Trinajstić information content (AvgIpc) is 2.84. The van der Waals surface area contributed by atoms with Crippen LogP contribution in [-0.4, -0.2) is 26.0 Å². The van der Waals surface area contributed by atoms with E-state index in [1.807, 2.05) is 6.92 Å². The number of nitrogens with one attached hydrogen (secondary N) is 1. The summed E-state index contributed by atoms with van der Waals surface area (Å²) in [4.78, 5) is 12.3. The number of aryl methyl sites for hydroxylation is 1. The molecule has 0 aliphatic rings. The molecule has 1 heterocycles. The first kappa shape index (κ1) is 17.9. The molecule has 0 saturated heterocycles. The lowest BCUT2D eigenvalue weighted by Gasteiger charge is -2.12. The Balaban J connectivity index is 2.04. The standard InChI is InChI=1S/C14H17Cl2N5OS/c1-3-4-12-19-20-14(21(12)17)23-8(2)13(22)18-11-7-9(15)5-6-10(11)16/h5-8H,3-4,17H2,1-2H3,(H,18,22). The molecule has 2 rings (SSSR count). The molecular weight excluding hydrogens is 357 g/mol. The third-order valence-corrected chi connectivity index (χ3v) is 4.67. The van der Waals surface area contributed by atoms with Gasteiger partial charge in [0.15, 0.2) is 5.82 Å². The summed E-state index contributed by atoms with van der Waals surface area (Å²) in [5.41, 5.74) is 0.470. The Morgan fingerprint density at radius 1 is 1.43 bits per heavy atom. The highest BCUT2D eigenvalue weighted by Crippen LogP contribution is 2.27. The number of thioether (sulfide) groups is 1. The second kappa shape index (κ2) is 7.90. The molecule has 1 aromatic carbocycles. The second-order valence-electron chi connectivity index (χ2n) is 4.89. The fourth-order valence-electron chi connectivity index (χ4n) is 1.82. The lowest BCUT2D eigenvalue weighted by Crippen LogP contribution is -2.24. The normalized spacial score (nSPS) is 12.2. The van der Waals surface area contributed by atoms with Crippen molar-refractivity contribution in [2.75, 3.05) is 11.2 Å². The smallest absolute Gasteiger partial charge is 0.237 e. The van der Waals surface area contributed by atoms with E-state index >= 15 is 0 Å². The molecule has 2 aromatic rings. The molecule has 6 nitrogen and oxygen atoms in total. The highest BCUT2D eigenvalue weighted by molar-refractivity contribution is 8.00. The van der Waals surface area contributed by atoms with Gasteiger partial charge in [-0.25, -0.2) is 4.68 Å². The summed E-state index contributed by atoms with van der Waals surface area (Å²) < 4.78 is 1.42. The highest BCUT2D eigenvalue weighted by Gasteiger charge is 2.20. The van der Waals surface area contributed by atoms with Crippen LogP contribution in [0.15, 0.2) is 23.4 Å². The van der Waals surface area contributed by atoms with Gasteiger partial charge in [0, 0.05) is 11.4 Å². The zero-order valence-corrected chi connectivity index (χ0v) is 15.0. The van der Waals surface area contributed by atoms with Crippen LogP contribution in [0.4, 0.5) is 5.69 Å². The molecule has 0 spiro atoms. The monoisotopic (exact) mass is 373 g/mol. The number of nitrogens with zero attached hydrogens (tertiary/aromatic N) is 3. The minimum absolute atomic E-state index is 0.223. The number of benzene rings is 1. The van der Waals surface area contributed by atoms with E-state index in [4.69, 9.17) is 29.0 Å². The first-order chi connectivity index (χ1) is 10.9. The van der Waals surface area contributed by atoms with Gasteiger partial charge in [0.25, 0.3) is 0 Å². The van der Waals surface area contributed by atoms with Crippen LogP contribution < -0.4 is 11.2 Å². The van der Waals surface area contributed by atoms with Crippen molar-refractivity contribution in [3.63, 3.8) is 0 Å². The Kier molecular flexibility index (Phi) is 6.15. The predicted octanol–water partition coefficient (Wildman–Crippen LogP) is 3.37. The highest BCUT2D eigenvalue weighted by atomic mass is 35.5. The minimum Gasteiger partial charge on any atom is -0.336 e. The van der Waals surface area contributed by atoms with Crippen LogP contribution in [0.5, 0.6) is 0 Å². The molecule has 1 unspecified atom stereocenters. The zero-order valence-electron chi connectivity index (χ0n) is 12.7. The first-order valence-corrected chi connectivity index (χ1v) is 8.67. The summed E-state index contributed by atoms with van der Waals surface area (Å²) in [6.45, 7) is 3.79. The van der Waals surface area contributed by atoms with E-state index in [1.165, 1.54) is 16.4 Å². The van der Waals surface area contributed by atoms with Crippen LogP contribution in [0.3, 0.4) is 0 Å². The van der Waals surface area contributed by atoms with Crippen molar-refractivity contribution in [2.24, 2.45) is 0 Å². The third kappa shape index (κ3) is 4.53.